The minimum absolute atomic E-state index is 0.402. The number of rotatable bonds is 3. The van der Waals surface area contributed by atoms with Crippen LogP contribution in [0.5, 0.6) is 0 Å². The highest BCUT2D eigenvalue weighted by molar-refractivity contribution is 8.14. The molecule has 1 saturated heterocycles. The van der Waals surface area contributed by atoms with E-state index in [9.17, 15) is 0 Å². The van der Waals surface area contributed by atoms with Gasteiger partial charge >= 0.3 is 0 Å². The van der Waals surface area contributed by atoms with Crippen LogP contribution in [0.1, 0.15) is 58.3 Å². The van der Waals surface area contributed by atoms with Crippen LogP contribution in [-0.4, -0.2) is 22.5 Å². The second kappa shape index (κ2) is 4.68. The minimum atomic E-state index is 0.402. The van der Waals surface area contributed by atoms with Gasteiger partial charge < -0.3 is 5.32 Å². The number of aliphatic imine (C=N–C) groups is 1. The van der Waals surface area contributed by atoms with Gasteiger partial charge in [0, 0.05) is 11.3 Å². The molecule has 0 amide bonds. The summed E-state index contributed by atoms with van der Waals surface area (Å²) in [5.74, 6) is 4.02. The quantitative estimate of drug-likeness (QED) is 0.849. The van der Waals surface area contributed by atoms with Gasteiger partial charge in [-0.1, -0.05) is 31.5 Å². The summed E-state index contributed by atoms with van der Waals surface area (Å²) in [6.45, 7) is 2.42. The van der Waals surface area contributed by atoms with Gasteiger partial charge in [-0.25, -0.2) is 0 Å². The summed E-state index contributed by atoms with van der Waals surface area (Å²) in [4.78, 5) is 5.14. The molecule has 4 aliphatic rings. The largest absolute Gasteiger partial charge is 0.359 e. The fourth-order valence-corrected chi connectivity index (χ4v) is 5.32. The molecule has 2 nitrogen and oxygen atoms in total. The third-order valence-corrected chi connectivity index (χ3v) is 6.60. The van der Waals surface area contributed by atoms with Crippen LogP contribution in [-0.2, 0) is 0 Å². The summed E-state index contributed by atoms with van der Waals surface area (Å²) in [6.07, 6.45) is 11.3. The Morgan fingerprint density at radius 1 is 1.21 bits per heavy atom. The van der Waals surface area contributed by atoms with Crippen LogP contribution in [0, 0.1) is 17.8 Å². The molecule has 1 aliphatic heterocycles. The molecule has 0 aromatic heterocycles. The van der Waals surface area contributed by atoms with Crippen molar-refractivity contribution in [3.63, 3.8) is 0 Å². The van der Waals surface area contributed by atoms with Crippen LogP contribution in [0.4, 0.5) is 0 Å². The zero-order chi connectivity index (χ0) is 12.9. The average Bonchev–Trinajstić information content (AvgIpc) is 3.27. The molecule has 2 unspecified atom stereocenters. The summed E-state index contributed by atoms with van der Waals surface area (Å²) in [5, 5.41) is 5.14. The number of nitrogens with one attached hydrogen (secondary N) is 1. The first-order chi connectivity index (χ1) is 9.24. The summed E-state index contributed by atoms with van der Waals surface area (Å²) in [5.41, 5.74) is 0.402. The van der Waals surface area contributed by atoms with Gasteiger partial charge in [0.05, 0.1) is 6.04 Å². The van der Waals surface area contributed by atoms with E-state index in [0.717, 1.165) is 17.8 Å². The first-order valence-electron chi connectivity index (χ1n) is 8.23. The van der Waals surface area contributed by atoms with Crippen molar-refractivity contribution in [2.75, 3.05) is 5.75 Å². The van der Waals surface area contributed by atoms with Crippen molar-refractivity contribution in [3.8, 4) is 0 Å². The van der Waals surface area contributed by atoms with Crippen molar-refractivity contribution in [3.05, 3.63) is 0 Å². The van der Waals surface area contributed by atoms with Crippen LogP contribution in [0.3, 0.4) is 0 Å². The van der Waals surface area contributed by atoms with E-state index in [4.69, 9.17) is 4.99 Å². The predicted molar refractivity (Wildman–Crippen MR) is 82.6 cm³/mol. The maximum absolute atomic E-state index is 5.14. The summed E-state index contributed by atoms with van der Waals surface area (Å²) in [7, 11) is 0. The number of amidine groups is 1. The molecular formula is C16H26N2S. The predicted octanol–water partition coefficient (Wildman–Crippen LogP) is 3.82. The van der Waals surface area contributed by atoms with Gasteiger partial charge in [-0.2, -0.15) is 0 Å². The van der Waals surface area contributed by atoms with E-state index in [1.165, 1.54) is 62.3 Å². The van der Waals surface area contributed by atoms with Gasteiger partial charge in [-0.05, 0) is 56.3 Å². The van der Waals surface area contributed by atoms with Crippen molar-refractivity contribution in [1.29, 1.82) is 0 Å². The maximum atomic E-state index is 5.14. The molecule has 0 aromatic rings. The Kier molecular flexibility index (Phi) is 3.09. The van der Waals surface area contributed by atoms with E-state index in [2.05, 4.69) is 12.2 Å². The summed E-state index contributed by atoms with van der Waals surface area (Å²) in [6, 6.07) is 0.672. The first kappa shape index (κ1) is 12.6. The van der Waals surface area contributed by atoms with Crippen molar-refractivity contribution in [2.45, 2.75) is 69.9 Å². The fraction of sp³-hybridized carbons (Fsp3) is 0.938. The minimum Gasteiger partial charge on any atom is -0.359 e. The van der Waals surface area contributed by atoms with Gasteiger partial charge in [-0.3, -0.25) is 4.99 Å². The first-order valence-corrected chi connectivity index (χ1v) is 9.21. The normalized spacial score (nSPS) is 41.2. The van der Waals surface area contributed by atoms with Gasteiger partial charge in [0.1, 0.15) is 0 Å². The van der Waals surface area contributed by atoms with Crippen LogP contribution in [0.15, 0.2) is 4.99 Å². The Bertz CT molecular complexity index is 374. The highest BCUT2D eigenvalue weighted by atomic mass is 32.2. The fourth-order valence-electron chi connectivity index (χ4n) is 4.09. The van der Waals surface area contributed by atoms with E-state index in [0.29, 0.717) is 11.6 Å². The lowest BCUT2D eigenvalue weighted by molar-refractivity contribution is 0.242. The molecule has 1 heterocycles. The lowest BCUT2D eigenvalue weighted by Crippen LogP contribution is -2.47. The van der Waals surface area contributed by atoms with Crippen LogP contribution < -0.4 is 5.32 Å². The Morgan fingerprint density at radius 2 is 1.95 bits per heavy atom. The lowest BCUT2D eigenvalue weighted by atomic mass is 9.78. The molecular weight excluding hydrogens is 252 g/mol. The molecule has 106 valence electrons. The van der Waals surface area contributed by atoms with E-state index in [1.54, 1.807) is 0 Å². The Balaban J connectivity index is 1.45. The summed E-state index contributed by atoms with van der Waals surface area (Å²) >= 11 is 2.01. The van der Waals surface area contributed by atoms with E-state index < -0.39 is 0 Å². The van der Waals surface area contributed by atoms with Crippen molar-refractivity contribution in [1.82, 2.24) is 5.32 Å². The van der Waals surface area contributed by atoms with E-state index in [-0.39, 0.29) is 0 Å². The summed E-state index contributed by atoms with van der Waals surface area (Å²) < 4.78 is 0. The molecule has 1 N–H and O–H groups in total. The highest BCUT2D eigenvalue weighted by Gasteiger charge is 2.44. The number of hydrogen-bond acceptors (Lipinski definition) is 2. The molecule has 0 bridgehead atoms. The van der Waals surface area contributed by atoms with Crippen molar-refractivity contribution < 1.29 is 0 Å². The average molecular weight is 278 g/mol. The molecule has 0 aromatic carbocycles. The van der Waals surface area contributed by atoms with Crippen LogP contribution >= 0.6 is 11.8 Å². The molecule has 2 atom stereocenters. The van der Waals surface area contributed by atoms with Crippen molar-refractivity contribution in [2.24, 2.45) is 22.7 Å². The lowest BCUT2D eigenvalue weighted by Gasteiger charge is -2.36. The third-order valence-electron chi connectivity index (χ3n) is 5.43. The SMILES string of the molecule is CC1CCCC2(CSC(=NC(C3CC3)C3CC3)N2)C1. The molecule has 4 fully saturated rings. The Labute approximate surface area is 121 Å². The van der Waals surface area contributed by atoms with Gasteiger partial charge in [0.25, 0.3) is 0 Å². The monoisotopic (exact) mass is 278 g/mol. The smallest absolute Gasteiger partial charge is 0.157 e. The molecule has 4 rings (SSSR count). The highest BCUT2D eigenvalue weighted by Crippen LogP contribution is 2.47. The van der Waals surface area contributed by atoms with E-state index >= 15 is 0 Å². The molecule has 3 saturated carbocycles. The maximum Gasteiger partial charge on any atom is 0.157 e. The third kappa shape index (κ3) is 2.68. The van der Waals surface area contributed by atoms with Crippen molar-refractivity contribution >= 4 is 16.9 Å². The standard InChI is InChI=1S/C16H26N2S/c1-11-3-2-8-16(9-11)10-19-15(18-16)17-14(12-4-5-12)13-6-7-13/h11-14H,2-10H2,1H3,(H,17,18). The van der Waals surface area contributed by atoms with Gasteiger partial charge in [0.2, 0.25) is 0 Å². The van der Waals surface area contributed by atoms with Gasteiger partial charge in [0.15, 0.2) is 5.17 Å². The van der Waals surface area contributed by atoms with Crippen LogP contribution in [0.25, 0.3) is 0 Å². The van der Waals surface area contributed by atoms with E-state index in [1.807, 2.05) is 11.8 Å². The zero-order valence-electron chi connectivity index (χ0n) is 12.0. The second-order valence-corrected chi connectivity index (χ2v) is 8.46. The Morgan fingerprint density at radius 3 is 2.58 bits per heavy atom. The molecule has 19 heavy (non-hydrogen) atoms. The van der Waals surface area contributed by atoms with Gasteiger partial charge in [-0.15, -0.1) is 0 Å². The number of nitrogens with zero attached hydrogens (tertiary/aromatic N) is 1. The molecule has 0 radical (unpaired) electrons. The zero-order valence-corrected chi connectivity index (χ0v) is 12.8. The number of thioether (sulfide) groups is 1. The second-order valence-electron chi connectivity index (χ2n) is 7.50. The molecule has 3 aliphatic carbocycles. The topological polar surface area (TPSA) is 24.4 Å². The van der Waals surface area contributed by atoms with Crippen LogP contribution in [0.2, 0.25) is 0 Å². The number of hydrogen-bond donors (Lipinski definition) is 1. The molecule has 1 spiro atoms. The Hall–Kier alpha value is -0.180. The molecule has 3 heteroatoms.